The quantitative estimate of drug-likeness (QED) is 0.840. The van der Waals surface area contributed by atoms with Crippen LogP contribution in [0.1, 0.15) is 23.2 Å². The molecule has 21 heavy (non-hydrogen) atoms. The van der Waals surface area contributed by atoms with Crippen LogP contribution in [-0.2, 0) is 13.1 Å². The Labute approximate surface area is 122 Å². The molecule has 0 fully saturated rings. The molecule has 0 spiro atoms. The molecule has 2 aromatic rings. The minimum Gasteiger partial charge on any atom is -0.481 e. The van der Waals surface area contributed by atoms with Gasteiger partial charge < -0.3 is 19.4 Å². The van der Waals surface area contributed by atoms with Crippen molar-refractivity contribution in [2.24, 2.45) is 0 Å². The molecule has 2 rings (SSSR count). The van der Waals surface area contributed by atoms with E-state index in [0.29, 0.717) is 6.54 Å². The Morgan fingerprint density at radius 3 is 2.81 bits per heavy atom. The molecule has 0 saturated carbocycles. The van der Waals surface area contributed by atoms with E-state index in [2.05, 4.69) is 20.3 Å². The summed E-state index contributed by atoms with van der Waals surface area (Å²) in [7, 11) is 2.88. The fourth-order valence-corrected chi connectivity index (χ4v) is 1.76. The SMILES string of the molecule is CCn1ccnc1CNC(=O)c1cc(OC)nc(OC)n1. The van der Waals surface area contributed by atoms with Crippen molar-refractivity contribution in [3.05, 3.63) is 30.0 Å². The molecule has 0 bridgehead atoms. The molecule has 2 heterocycles. The van der Waals surface area contributed by atoms with Gasteiger partial charge in [0, 0.05) is 25.0 Å². The number of aryl methyl sites for hydroxylation is 1. The van der Waals surface area contributed by atoms with E-state index in [4.69, 9.17) is 9.47 Å². The first-order valence-electron chi connectivity index (χ1n) is 6.43. The largest absolute Gasteiger partial charge is 0.481 e. The van der Waals surface area contributed by atoms with Crippen LogP contribution in [0.4, 0.5) is 0 Å². The van der Waals surface area contributed by atoms with Gasteiger partial charge in [0.25, 0.3) is 5.91 Å². The molecular weight excluding hydrogens is 274 g/mol. The third-order valence-electron chi connectivity index (χ3n) is 2.86. The zero-order chi connectivity index (χ0) is 15.2. The highest BCUT2D eigenvalue weighted by atomic mass is 16.5. The molecule has 0 aliphatic rings. The van der Waals surface area contributed by atoms with Crippen LogP contribution in [0.3, 0.4) is 0 Å². The van der Waals surface area contributed by atoms with E-state index in [0.717, 1.165) is 12.4 Å². The van der Waals surface area contributed by atoms with Crippen LogP contribution in [0.25, 0.3) is 0 Å². The summed E-state index contributed by atoms with van der Waals surface area (Å²) in [6, 6.07) is 1.53. The Kier molecular flexibility index (Phi) is 4.70. The normalized spacial score (nSPS) is 10.2. The Bertz CT molecular complexity index is 604. The minimum absolute atomic E-state index is 0.0783. The van der Waals surface area contributed by atoms with Gasteiger partial charge in [-0.05, 0) is 6.92 Å². The number of hydrogen-bond acceptors (Lipinski definition) is 6. The number of hydrogen-bond donors (Lipinski definition) is 1. The number of carbonyl (C=O) groups is 1. The number of rotatable bonds is 6. The van der Waals surface area contributed by atoms with E-state index in [1.54, 1.807) is 6.20 Å². The highest BCUT2D eigenvalue weighted by Gasteiger charge is 2.13. The molecule has 2 aromatic heterocycles. The fraction of sp³-hybridized carbons (Fsp3) is 0.385. The van der Waals surface area contributed by atoms with Crippen molar-refractivity contribution in [2.75, 3.05) is 14.2 Å². The molecule has 0 radical (unpaired) electrons. The van der Waals surface area contributed by atoms with Gasteiger partial charge in [0.15, 0.2) is 0 Å². The second-order valence-corrected chi connectivity index (χ2v) is 4.09. The summed E-state index contributed by atoms with van der Waals surface area (Å²) < 4.78 is 11.9. The van der Waals surface area contributed by atoms with Crippen LogP contribution in [0, 0.1) is 0 Å². The number of aromatic nitrogens is 4. The summed E-state index contributed by atoms with van der Waals surface area (Å²) in [4.78, 5) is 24.2. The summed E-state index contributed by atoms with van der Waals surface area (Å²) in [6.45, 7) is 3.11. The van der Waals surface area contributed by atoms with Crippen LogP contribution in [-0.4, -0.2) is 39.6 Å². The number of amides is 1. The van der Waals surface area contributed by atoms with Gasteiger partial charge in [0.2, 0.25) is 5.88 Å². The molecule has 8 nitrogen and oxygen atoms in total. The number of nitrogens with zero attached hydrogens (tertiary/aromatic N) is 4. The summed E-state index contributed by atoms with van der Waals surface area (Å²) in [5.74, 6) is 0.695. The van der Waals surface area contributed by atoms with Crippen molar-refractivity contribution >= 4 is 5.91 Å². The lowest BCUT2D eigenvalue weighted by Gasteiger charge is -2.08. The van der Waals surface area contributed by atoms with Crippen molar-refractivity contribution in [3.8, 4) is 11.9 Å². The molecule has 0 atom stereocenters. The minimum atomic E-state index is -0.348. The van der Waals surface area contributed by atoms with Crippen LogP contribution in [0.2, 0.25) is 0 Å². The average Bonchev–Trinajstić information content (AvgIpc) is 2.99. The van der Waals surface area contributed by atoms with Gasteiger partial charge in [0.05, 0.1) is 20.8 Å². The molecule has 0 aromatic carbocycles. The Hall–Kier alpha value is -2.64. The van der Waals surface area contributed by atoms with E-state index in [1.807, 2.05) is 17.7 Å². The van der Waals surface area contributed by atoms with Crippen molar-refractivity contribution < 1.29 is 14.3 Å². The maximum Gasteiger partial charge on any atom is 0.320 e. The van der Waals surface area contributed by atoms with Gasteiger partial charge in [-0.25, -0.2) is 4.98 Å². The van der Waals surface area contributed by atoms with Crippen molar-refractivity contribution in [3.63, 3.8) is 0 Å². The predicted molar refractivity (Wildman–Crippen MR) is 74.2 cm³/mol. The second-order valence-electron chi connectivity index (χ2n) is 4.09. The van der Waals surface area contributed by atoms with Crippen LogP contribution < -0.4 is 14.8 Å². The predicted octanol–water partition coefficient (Wildman–Crippen LogP) is 0.640. The third-order valence-corrected chi connectivity index (χ3v) is 2.86. The Balaban J connectivity index is 2.09. The van der Waals surface area contributed by atoms with E-state index in [9.17, 15) is 4.79 Å². The summed E-state index contributed by atoms with van der Waals surface area (Å²) >= 11 is 0. The smallest absolute Gasteiger partial charge is 0.320 e. The van der Waals surface area contributed by atoms with Crippen molar-refractivity contribution in [1.82, 2.24) is 24.8 Å². The van der Waals surface area contributed by atoms with E-state index >= 15 is 0 Å². The number of nitrogens with one attached hydrogen (secondary N) is 1. The Morgan fingerprint density at radius 1 is 1.33 bits per heavy atom. The van der Waals surface area contributed by atoms with E-state index in [-0.39, 0.29) is 23.5 Å². The van der Waals surface area contributed by atoms with Gasteiger partial charge in [-0.2, -0.15) is 9.97 Å². The van der Waals surface area contributed by atoms with Crippen LogP contribution >= 0.6 is 0 Å². The lowest BCUT2D eigenvalue weighted by atomic mass is 10.3. The van der Waals surface area contributed by atoms with Gasteiger partial charge >= 0.3 is 6.01 Å². The standard InChI is InChI=1S/C13H17N5O3/c1-4-18-6-5-14-10(18)8-15-12(19)9-7-11(20-2)17-13(16-9)21-3/h5-7H,4,8H2,1-3H3,(H,15,19). The van der Waals surface area contributed by atoms with Crippen molar-refractivity contribution in [2.45, 2.75) is 20.0 Å². The first-order valence-corrected chi connectivity index (χ1v) is 6.43. The highest BCUT2D eigenvalue weighted by molar-refractivity contribution is 5.92. The van der Waals surface area contributed by atoms with Gasteiger partial charge in [0.1, 0.15) is 11.5 Å². The lowest BCUT2D eigenvalue weighted by molar-refractivity contribution is 0.0942. The molecule has 1 N–H and O–H groups in total. The maximum absolute atomic E-state index is 12.1. The zero-order valence-corrected chi connectivity index (χ0v) is 12.2. The summed E-state index contributed by atoms with van der Waals surface area (Å²) in [6.07, 6.45) is 3.56. The first kappa shape index (κ1) is 14.8. The van der Waals surface area contributed by atoms with E-state index < -0.39 is 0 Å². The molecule has 0 aliphatic carbocycles. The molecule has 0 unspecified atom stereocenters. The van der Waals surface area contributed by atoms with Crippen molar-refractivity contribution in [1.29, 1.82) is 0 Å². The maximum atomic E-state index is 12.1. The van der Waals surface area contributed by atoms with Crippen LogP contribution in [0.5, 0.6) is 11.9 Å². The molecule has 1 amide bonds. The zero-order valence-electron chi connectivity index (χ0n) is 12.2. The number of methoxy groups -OCH3 is 2. The molecule has 112 valence electrons. The number of carbonyl (C=O) groups excluding carboxylic acids is 1. The molecule has 0 aliphatic heterocycles. The van der Waals surface area contributed by atoms with E-state index in [1.165, 1.54) is 20.3 Å². The third kappa shape index (κ3) is 3.47. The molecule has 0 saturated heterocycles. The van der Waals surface area contributed by atoms with Gasteiger partial charge in [-0.15, -0.1) is 0 Å². The van der Waals surface area contributed by atoms with Gasteiger partial charge in [-0.3, -0.25) is 4.79 Å². The average molecular weight is 291 g/mol. The highest BCUT2D eigenvalue weighted by Crippen LogP contribution is 2.13. The molecular formula is C13H17N5O3. The van der Waals surface area contributed by atoms with Gasteiger partial charge in [-0.1, -0.05) is 0 Å². The number of imidazole rings is 1. The summed E-state index contributed by atoms with van der Waals surface area (Å²) in [5.41, 5.74) is 0.174. The topological polar surface area (TPSA) is 91.2 Å². The number of ether oxygens (including phenoxy) is 2. The van der Waals surface area contributed by atoms with Crippen LogP contribution in [0.15, 0.2) is 18.5 Å². The molecule has 8 heteroatoms. The second kappa shape index (κ2) is 6.69. The Morgan fingerprint density at radius 2 is 2.14 bits per heavy atom. The first-order chi connectivity index (χ1) is 10.2. The summed E-state index contributed by atoms with van der Waals surface area (Å²) in [5, 5.41) is 2.76. The fourth-order valence-electron chi connectivity index (χ4n) is 1.76. The lowest BCUT2D eigenvalue weighted by Crippen LogP contribution is -2.25. The monoisotopic (exact) mass is 291 g/mol.